The third kappa shape index (κ3) is 6.55. The number of aryl methyl sites for hydroxylation is 1. The number of nitrogens with one attached hydrogen (secondary N) is 1. The molecule has 1 amide bonds. The number of aromatic nitrogens is 6. The lowest BCUT2D eigenvalue weighted by Gasteiger charge is -2.34. The second-order valence-corrected chi connectivity index (χ2v) is 9.57. The molecule has 0 unspecified atom stereocenters. The van der Waals surface area contributed by atoms with Crippen molar-refractivity contribution in [1.29, 1.82) is 0 Å². The van der Waals surface area contributed by atoms with E-state index in [4.69, 9.17) is 11.6 Å². The second-order valence-electron chi connectivity index (χ2n) is 9.16. The monoisotopic (exact) mass is 559 g/mol. The number of hydrogen-bond acceptors (Lipinski definition) is 7. The maximum Gasteiger partial charge on any atom is 0.433 e. The van der Waals surface area contributed by atoms with Gasteiger partial charge >= 0.3 is 6.18 Å². The van der Waals surface area contributed by atoms with Gasteiger partial charge in [-0.1, -0.05) is 41.9 Å². The molecular formula is C25H25ClF3N9O. The minimum absolute atomic E-state index is 0.0106. The second kappa shape index (κ2) is 11.0. The normalized spacial score (nSPS) is 14.5. The van der Waals surface area contributed by atoms with Crippen molar-refractivity contribution in [1.82, 2.24) is 34.4 Å². The van der Waals surface area contributed by atoms with E-state index in [2.05, 4.69) is 25.5 Å². The Morgan fingerprint density at radius 3 is 2.49 bits per heavy atom. The number of halogens is 4. The van der Waals surface area contributed by atoms with E-state index in [-0.39, 0.29) is 29.9 Å². The number of carbonyl (C=O) groups is 1. The van der Waals surface area contributed by atoms with E-state index in [9.17, 15) is 18.0 Å². The fraction of sp³-hybridized carbons (Fsp3) is 0.320. The van der Waals surface area contributed by atoms with Gasteiger partial charge in [0.05, 0.1) is 25.0 Å². The van der Waals surface area contributed by atoms with Gasteiger partial charge in [-0.3, -0.25) is 19.1 Å². The van der Waals surface area contributed by atoms with E-state index in [0.717, 1.165) is 11.6 Å². The van der Waals surface area contributed by atoms with Crippen LogP contribution >= 0.6 is 11.6 Å². The summed E-state index contributed by atoms with van der Waals surface area (Å²) in [5, 5.41) is 11.5. The summed E-state index contributed by atoms with van der Waals surface area (Å²) in [6.07, 6.45) is 0.0846. The molecule has 4 aromatic rings. The first kappa shape index (κ1) is 26.6. The highest BCUT2D eigenvalue weighted by molar-refractivity contribution is 6.33. The van der Waals surface area contributed by atoms with Gasteiger partial charge in [0.15, 0.2) is 11.5 Å². The molecule has 0 radical (unpaired) electrons. The highest BCUT2D eigenvalue weighted by Crippen LogP contribution is 2.32. The fourth-order valence-electron chi connectivity index (χ4n) is 4.24. The first-order chi connectivity index (χ1) is 18.6. The maximum absolute atomic E-state index is 13.6. The Hall–Kier alpha value is -3.97. The van der Waals surface area contributed by atoms with Crippen LogP contribution in [0.1, 0.15) is 11.3 Å². The van der Waals surface area contributed by atoms with Gasteiger partial charge < -0.3 is 10.2 Å². The molecule has 0 aliphatic carbocycles. The van der Waals surface area contributed by atoms with Crippen molar-refractivity contribution in [2.24, 2.45) is 7.05 Å². The van der Waals surface area contributed by atoms with Crippen LogP contribution in [-0.2, 0) is 24.6 Å². The predicted molar refractivity (Wildman–Crippen MR) is 139 cm³/mol. The summed E-state index contributed by atoms with van der Waals surface area (Å²) in [6.45, 7) is 2.18. The number of rotatable bonds is 7. The number of alkyl halides is 3. The molecule has 1 fully saturated rings. The van der Waals surface area contributed by atoms with Crippen molar-refractivity contribution < 1.29 is 18.0 Å². The van der Waals surface area contributed by atoms with Gasteiger partial charge in [0.1, 0.15) is 5.02 Å². The van der Waals surface area contributed by atoms with Crippen LogP contribution in [0.3, 0.4) is 0 Å². The van der Waals surface area contributed by atoms with E-state index < -0.39 is 11.9 Å². The zero-order valence-corrected chi connectivity index (χ0v) is 21.7. The number of anilines is 2. The standard InChI is InChI=1S/C25H25ClF3N9O/c1-35-14-18(12-30-35)20-11-21(25(27,28)29)32-24(31-20)37-9-7-36(8-10-37)16-22(39)33-23-19(26)15-38(34-23)13-17-5-3-2-4-6-17/h2-6,11-12,14-15H,7-10,13,16H2,1H3,(H,33,34,39). The molecule has 0 atom stereocenters. The van der Waals surface area contributed by atoms with Crippen LogP contribution in [0, 0.1) is 0 Å². The van der Waals surface area contributed by atoms with Crippen LogP contribution in [0.15, 0.2) is 55.0 Å². The Kier molecular flexibility index (Phi) is 7.53. The molecule has 1 aromatic carbocycles. The molecule has 3 aromatic heterocycles. The molecule has 1 aliphatic rings. The SMILES string of the molecule is Cn1cc(-c2cc(C(F)(F)F)nc(N3CCN(CC(=O)Nc4nn(Cc5ccccc5)cc4Cl)CC3)n2)cn1. The Morgan fingerprint density at radius 2 is 1.82 bits per heavy atom. The van der Waals surface area contributed by atoms with Gasteiger partial charge in [-0.15, -0.1) is 0 Å². The van der Waals surface area contributed by atoms with Gasteiger partial charge in [0.2, 0.25) is 11.9 Å². The molecule has 4 heterocycles. The topological polar surface area (TPSA) is 97.0 Å². The van der Waals surface area contributed by atoms with Crippen LogP contribution in [0.25, 0.3) is 11.3 Å². The Bertz CT molecular complexity index is 1450. The van der Waals surface area contributed by atoms with E-state index in [0.29, 0.717) is 43.3 Å². The van der Waals surface area contributed by atoms with Crippen LogP contribution < -0.4 is 10.2 Å². The summed E-state index contributed by atoms with van der Waals surface area (Å²) >= 11 is 6.27. The molecule has 1 saturated heterocycles. The number of amides is 1. The quantitative estimate of drug-likeness (QED) is 0.370. The van der Waals surface area contributed by atoms with Crippen molar-refractivity contribution in [2.75, 3.05) is 42.9 Å². The number of hydrogen-bond donors (Lipinski definition) is 1. The van der Waals surface area contributed by atoms with E-state index >= 15 is 0 Å². The predicted octanol–water partition coefficient (Wildman–Crippen LogP) is 3.55. The Labute approximate surface area is 227 Å². The van der Waals surface area contributed by atoms with Gasteiger partial charge in [-0.25, -0.2) is 9.97 Å². The van der Waals surface area contributed by atoms with Crippen molar-refractivity contribution in [2.45, 2.75) is 12.7 Å². The van der Waals surface area contributed by atoms with E-state index in [1.54, 1.807) is 29.0 Å². The Balaban J connectivity index is 1.20. The van der Waals surface area contributed by atoms with Crippen LogP contribution in [-0.4, -0.2) is 73.1 Å². The summed E-state index contributed by atoms with van der Waals surface area (Å²) in [5.74, 6) is -0.0236. The van der Waals surface area contributed by atoms with Gasteiger partial charge in [-0.2, -0.15) is 23.4 Å². The molecule has 14 heteroatoms. The van der Waals surface area contributed by atoms with Crippen molar-refractivity contribution in [3.05, 3.63) is 71.3 Å². The number of piperazine rings is 1. The molecule has 0 bridgehead atoms. The maximum atomic E-state index is 13.6. The molecular weight excluding hydrogens is 535 g/mol. The first-order valence-corrected chi connectivity index (χ1v) is 12.5. The zero-order valence-electron chi connectivity index (χ0n) is 20.9. The highest BCUT2D eigenvalue weighted by Gasteiger charge is 2.35. The van der Waals surface area contributed by atoms with Gasteiger partial charge in [0, 0.05) is 51.2 Å². The number of nitrogens with zero attached hydrogens (tertiary/aromatic N) is 8. The summed E-state index contributed by atoms with van der Waals surface area (Å²) in [7, 11) is 1.68. The van der Waals surface area contributed by atoms with Crippen molar-refractivity contribution in [3.63, 3.8) is 0 Å². The lowest BCUT2D eigenvalue weighted by Crippen LogP contribution is -2.49. The smallest absolute Gasteiger partial charge is 0.338 e. The minimum atomic E-state index is -4.62. The largest absolute Gasteiger partial charge is 0.433 e. The molecule has 1 N–H and O–H groups in total. The molecule has 5 rings (SSSR count). The lowest BCUT2D eigenvalue weighted by atomic mass is 10.2. The fourth-order valence-corrected chi connectivity index (χ4v) is 4.43. The van der Waals surface area contributed by atoms with Crippen LogP contribution in [0.5, 0.6) is 0 Å². The van der Waals surface area contributed by atoms with Crippen LogP contribution in [0.2, 0.25) is 5.02 Å². The Morgan fingerprint density at radius 1 is 1.08 bits per heavy atom. The summed E-state index contributed by atoms with van der Waals surface area (Å²) in [4.78, 5) is 24.4. The number of carbonyl (C=O) groups excluding carboxylic acids is 1. The van der Waals surface area contributed by atoms with E-state index in [1.807, 2.05) is 35.2 Å². The summed E-state index contributed by atoms with van der Waals surface area (Å²) in [5.41, 5.74) is 0.638. The van der Waals surface area contributed by atoms with Crippen molar-refractivity contribution in [3.8, 4) is 11.3 Å². The zero-order chi connectivity index (χ0) is 27.6. The third-order valence-electron chi connectivity index (χ3n) is 6.19. The third-order valence-corrected chi connectivity index (χ3v) is 6.47. The first-order valence-electron chi connectivity index (χ1n) is 12.1. The van der Waals surface area contributed by atoms with Gasteiger partial charge in [-0.05, 0) is 11.6 Å². The average Bonchev–Trinajstić information content (AvgIpc) is 3.49. The minimum Gasteiger partial charge on any atom is -0.338 e. The van der Waals surface area contributed by atoms with E-state index in [1.165, 1.54) is 10.9 Å². The molecule has 204 valence electrons. The van der Waals surface area contributed by atoms with Crippen molar-refractivity contribution >= 4 is 29.3 Å². The summed E-state index contributed by atoms with van der Waals surface area (Å²) in [6, 6.07) is 10.7. The summed E-state index contributed by atoms with van der Waals surface area (Å²) < 4.78 is 43.8. The molecule has 39 heavy (non-hydrogen) atoms. The lowest BCUT2D eigenvalue weighted by molar-refractivity contribution is -0.141. The highest BCUT2D eigenvalue weighted by atomic mass is 35.5. The molecule has 0 saturated carbocycles. The molecule has 0 spiro atoms. The number of benzene rings is 1. The van der Waals surface area contributed by atoms with Crippen LogP contribution in [0.4, 0.5) is 24.9 Å². The molecule has 1 aliphatic heterocycles. The molecule has 10 nitrogen and oxygen atoms in total. The van der Waals surface area contributed by atoms with Gasteiger partial charge in [0.25, 0.3) is 0 Å². The average molecular weight is 560 g/mol.